The average molecular weight is 161 g/mol. The van der Waals surface area contributed by atoms with Crippen molar-refractivity contribution in [3.05, 3.63) is 23.9 Å². The summed E-state index contributed by atoms with van der Waals surface area (Å²) in [6.45, 7) is 8.96. The van der Waals surface area contributed by atoms with Crippen LogP contribution in [0.25, 0.3) is 6.08 Å². The zero-order chi connectivity index (χ0) is 9.14. The summed E-state index contributed by atoms with van der Waals surface area (Å²) in [5.74, 6) is 0.489. The van der Waals surface area contributed by atoms with Crippen molar-refractivity contribution < 1.29 is 0 Å². The second-order valence-electron chi connectivity index (χ2n) is 2.43. The fraction of sp³-hybridized carbons (Fsp3) is 0.111. The van der Waals surface area contributed by atoms with Gasteiger partial charge in [-0.2, -0.15) is 0 Å². The van der Waals surface area contributed by atoms with E-state index in [-0.39, 0.29) is 0 Å². The number of hydrogen-bond donors (Lipinski definition) is 1. The molecule has 0 bridgehead atoms. The quantitative estimate of drug-likeness (QED) is 0.674. The van der Waals surface area contributed by atoms with E-state index in [9.17, 15) is 0 Å². The molecule has 0 aliphatic rings. The van der Waals surface area contributed by atoms with Crippen molar-refractivity contribution in [1.29, 1.82) is 0 Å². The van der Waals surface area contributed by atoms with Crippen LogP contribution < -0.4 is 5.73 Å². The van der Waals surface area contributed by atoms with Crippen LogP contribution in [0.2, 0.25) is 0 Å². The molecule has 0 saturated heterocycles. The van der Waals surface area contributed by atoms with Gasteiger partial charge >= 0.3 is 0 Å². The van der Waals surface area contributed by atoms with E-state index < -0.39 is 0 Å². The first-order valence-corrected chi connectivity index (χ1v) is 3.55. The first-order chi connectivity index (χ1) is 5.70. The molecule has 1 aromatic heterocycles. The minimum atomic E-state index is 0.489. The Morgan fingerprint density at radius 3 is 2.83 bits per heavy atom. The molecule has 1 rings (SSSR count). The van der Waals surface area contributed by atoms with Gasteiger partial charge in [0, 0.05) is 17.3 Å². The Morgan fingerprint density at radius 2 is 2.33 bits per heavy atom. The van der Waals surface area contributed by atoms with E-state index in [1.54, 1.807) is 12.3 Å². The lowest BCUT2D eigenvalue weighted by molar-refractivity contribution is 1.25. The number of hydrogen-bond acceptors (Lipinski definition) is 3. The summed E-state index contributed by atoms with van der Waals surface area (Å²) in [6, 6.07) is 0. The third-order valence-corrected chi connectivity index (χ3v) is 1.73. The number of nitrogens with two attached hydrogens (primary N) is 1. The Kier molecular flexibility index (Phi) is 2.24. The smallest absolute Gasteiger partial charge is 0.128 e. The first kappa shape index (κ1) is 8.46. The largest absolute Gasteiger partial charge is 0.383 e. The van der Waals surface area contributed by atoms with E-state index in [0.717, 1.165) is 16.8 Å². The number of aromatic nitrogens is 1. The van der Waals surface area contributed by atoms with Gasteiger partial charge in [-0.3, -0.25) is 4.99 Å². The zero-order valence-corrected chi connectivity index (χ0v) is 7.04. The summed E-state index contributed by atoms with van der Waals surface area (Å²) >= 11 is 0. The van der Waals surface area contributed by atoms with Crippen molar-refractivity contribution in [2.45, 2.75) is 6.92 Å². The second-order valence-corrected chi connectivity index (χ2v) is 2.43. The molecule has 0 aliphatic carbocycles. The van der Waals surface area contributed by atoms with Crippen molar-refractivity contribution in [3.8, 4) is 0 Å². The topological polar surface area (TPSA) is 51.3 Å². The molecule has 1 heterocycles. The fourth-order valence-electron chi connectivity index (χ4n) is 0.994. The van der Waals surface area contributed by atoms with Crippen molar-refractivity contribution in [3.63, 3.8) is 0 Å². The highest BCUT2D eigenvalue weighted by Gasteiger charge is 2.04. The summed E-state index contributed by atoms with van der Waals surface area (Å²) in [4.78, 5) is 7.84. The second kappa shape index (κ2) is 3.17. The van der Waals surface area contributed by atoms with E-state index in [1.165, 1.54) is 0 Å². The molecule has 0 radical (unpaired) electrons. The summed E-state index contributed by atoms with van der Waals surface area (Å²) in [5, 5.41) is 0. The molecule has 1 aromatic rings. The first-order valence-electron chi connectivity index (χ1n) is 3.55. The van der Waals surface area contributed by atoms with E-state index in [0.29, 0.717) is 5.82 Å². The molecule has 12 heavy (non-hydrogen) atoms. The van der Waals surface area contributed by atoms with Crippen LogP contribution in [0.1, 0.15) is 11.1 Å². The lowest BCUT2D eigenvalue weighted by atomic mass is 10.1. The Bertz CT molecular complexity index is 329. The third kappa shape index (κ3) is 1.21. The Labute approximate surface area is 71.7 Å². The van der Waals surface area contributed by atoms with Crippen LogP contribution in [-0.2, 0) is 0 Å². The molecule has 2 N–H and O–H groups in total. The van der Waals surface area contributed by atoms with Crippen LogP contribution >= 0.6 is 0 Å². The molecule has 0 aromatic carbocycles. The third-order valence-electron chi connectivity index (χ3n) is 1.73. The number of nitrogens with zero attached hydrogens (tertiary/aromatic N) is 2. The molecule has 3 heteroatoms. The monoisotopic (exact) mass is 161 g/mol. The van der Waals surface area contributed by atoms with Crippen LogP contribution in [-0.4, -0.2) is 11.7 Å². The molecule has 0 unspecified atom stereocenters. The van der Waals surface area contributed by atoms with Gasteiger partial charge in [-0.05, 0) is 13.6 Å². The number of anilines is 1. The maximum Gasteiger partial charge on any atom is 0.128 e. The van der Waals surface area contributed by atoms with Gasteiger partial charge in [0.25, 0.3) is 0 Å². The van der Waals surface area contributed by atoms with Gasteiger partial charge in [0.15, 0.2) is 0 Å². The van der Waals surface area contributed by atoms with Crippen molar-refractivity contribution >= 4 is 24.3 Å². The van der Waals surface area contributed by atoms with Gasteiger partial charge < -0.3 is 5.73 Å². The van der Waals surface area contributed by atoms with Crippen LogP contribution in [0.15, 0.2) is 17.8 Å². The van der Waals surface area contributed by atoms with Crippen LogP contribution in [0.3, 0.4) is 0 Å². The Hall–Kier alpha value is -1.64. The molecular weight excluding hydrogens is 150 g/mol. The van der Waals surface area contributed by atoms with Crippen molar-refractivity contribution in [2.24, 2.45) is 4.99 Å². The number of rotatable bonds is 2. The molecule has 0 fully saturated rings. The average Bonchev–Trinajstić information content (AvgIpc) is 2.09. The fourth-order valence-corrected chi connectivity index (χ4v) is 0.994. The Morgan fingerprint density at radius 1 is 1.67 bits per heavy atom. The maximum absolute atomic E-state index is 5.59. The van der Waals surface area contributed by atoms with Gasteiger partial charge in [-0.1, -0.05) is 12.7 Å². The molecule has 0 amide bonds. The van der Waals surface area contributed by atoms with E-state index in [4.69, 9.17) is 5.73 Å². The lowest BCUT2D eigenvalue weighted by Gasteiger charge is -2.05. The lowest BCUT2D eigenvalue weighted by Crippen LogP contribution is -1.94. The predicted molar refractivity (Wildman–Crippen MR) is 52.7 cm³/mol. The van der Waals surface area contributed by atoms with E-state index in [1.807, 2.05) is 6.92 Å². The number of pyridine rings is 1. The minimum absolute atomic E-state index is 0.489. The summed E-state index contributed by atoms with van der Waals surface area (Å²) < 4.78 is 0. The standard InChI is InChI=1S/C9H11N3/c1-4-7-5-12-9(10)6(2)8(7)11-3/h4-5H,1,3H2,2H3,(H2,10,12). The summed E-state index contributed by atoms with van der Waals surface area (Å²) in [5.41, 5.74) is 8.06. The SMILES string of the molecule is C=Cc1cnc(N)c(C)c1N=C. The van der Waals surface area contributed by atoms with Gasteiger partial charge in [0.05, 0.1) is 5.69 Å². The zero-order valence-electron chi connectivity index (χ0n) is 7.04. The highest BCUT2D eigenvalue weighted by Crippen LogP contribution is 2.26. The molecule has 0 saturated carbocycles. The number of aliphatic imine (C=N–C) groups is 1. The number of nitrogen functional groups attached to an aromatic ring is 1. The predicted octanol–water partition coefficient (Wildman–Crippen LogP) is 1.95. The molecule has 0 spiro atoms. The maximum atomic E-state index is 5.59. The van der Waals surface area contributed by atoms with Gasteiger partial charge in [0.1, 0.15) is 5.82 Å². The van der Waals surface area contributed by atoms with Gasteiger partial charge in [0.2, 0.25) is 0 Å². The molecular formula is C9H11N3. The summed E-state index contributed by atoms with van der Waals surface area (Å²) in [7, 11) is 0. The molecule has 0 aliphatic heterocycles. The van der Waals surface area contributed by atoms with E-state index >= 15 is 0 Å². The highest BCUT2D eigenvalue weighted by atomic mass is 14.8. The van der Waals surface area contributed by atoms with Gasteiger partial charge in [-0.25, -0.2) is 4.98 Å². The van der Waals surface area contributed by atoms with Crippen LogP contribution in [0.4, 0.5) is 11.5 Å². The molecule has 62 valence electrons. The molecule has 3 nitrogen and oxygen atoms in total. The minimum Gasteiger partial charge on any atom is -0.383 e. The van der Waals surface area contributed by atoms with Crippen LogP contribution in [0, 0.1) is 6.92 Å². The van der Waals surface area contributed by atoms with Crippen molar-refractivity contribution in [2.75, 3.05) is 5.73 Å². The van der Waals surface area contributed by atoms with Crippen LogP contribution in [0.5, 0.6) is 0 Å². The Balaban J connectivity index is 3.45. The highest BCUT2D eigenvalue weighted by molar-refractivity contribution is 5.71. The van der Waals surface area contributed by atoms with Gasteiger partial charge in [-0.15, -0.1) is 0 Å². The normalized spacial score (nSPS) is 9.42. The van der Waals surface area contributed by atoms with E-state index in [2.05, 4.69) is 23.3 Å². The molecule has 0 atom stereocenters. The summed E-state index contributed by atoms with van der Waals surface area (Å²) in [6.07, 6.45) is 3.32. The van der Waals surface area contributed by atoms with Crippen molar-refractivity contribution in [1.82, 2.24) is 4.98 Å².